The lowest BCUT2D eigenvalue weighted by Gasteiger charge is -2.11. The summed E-state index contributed by atoms with van der Waals surface area (Å²) < 4.78 is 0. The highest BCUT2D eigenvalue weighted by molar-refractivity contribution is 6.01. The number of carbonyl (C=O) groups excluding carboxylic acids is 2. The van der Waals surface area contributed by atoms with Crippen molar-refractivity contribution in [2.45, 2.75) is 32.1 Å². The second-order valence-corrected chi connectivity index (χ2v) is 4.53. The minimum Gasteiger partial charge on any atom is -0.292 e. The largest absolute Gasteiger partial charge is 0.292 e. The predicted octanol–water partition coefficient (Wildman–Crippen LogP) is 0.625. The summed E-state index contributed by atoms with van der Waals surface area (Å²) >= 11 is 0. The number of nitrogens with zero attached hydrogens (tertiary/aromatic N) is 2. The van der Waals surface area contributed by atoms with Gasteiger partial charge in [-0.3, -0.25) is 19.4 Å². The first-order chi connectivity index (χ1) is 8.27. The fourth-order valence-corrected chi connectivity index (χ4v) is 2.24. The van der Waals surface area contributed by atoms with Gasteiger partial charge in [0.2, 0.25) is 11.8 Å². The number of carbonyl (C=O) groups is 2. The van der Waals surface area contributed by atoms with Crippen LogP contribution < -0.4 is 0 Å². The Morgan fingerprint density at radius 2 is 1.65 bits per heavy atom. The Balaban J connectivity index is 1.66. The maximum atomic E-state index is 11.3. The first kappa shape index (κ1) is 12.1. The summed E-state index contributed by atoms with van der Waals surface area (Å²) in [5.74, 6) is 6.06. The van der Waals surface area contributed by atoms with E-state index in [4.69, 9.17) is 0 Å². The highest BCUT2D eigenvalue weighted by atomic mass is 16.2. The standard InChI is InChI=1S/C13H18N2O2/c16-12-6-7-13(17)15(12)11-3-1-2-8-14-9-4-5-10-14/h3-11H2. The van der Waals surface area contributed by atoms with E-state index in [0.717, 1.165) is 19.6 Å². The van der Waals surface area contributed by atoms with Crippen LogP contribution in [0.25, 0.3) is 0 Å². The van der Waals surface area contributed by atoms with Crippen molar-refractivity contribution < 1.29 is 9.59 Å². The second-order valence-electron chi connectivity index (χ2n) is 4.53. The minimum atomic E-state index is -0.0451. The smallest absolute Gasteiger partial charge is 0.229 e. The maximum absolute atomic E-state index is 11.3. The topological polar surface area (TPSA) is 40.6 Å². The first-order valence-corrected chi connectivity index (χ1v) is 6.28. The van der Waals surface area contributed by atoms with Gasteiger partial charge in [-0.05, 0) is 25.9 Å². The zero-order valence-electron chi connectivity index (χ0n) is 10.1. The molecule has 2 saturated heterocycles. The number of hydrogen-bond donors (Lipinski definition) is 0. The normalized spacial score (nSPS) is 20.8. The van der Waals surface area contributed by atoms with E-state index in [1.165, 1.54) is 17.7 Å². The van der Waals surface area contributed by atoms with Gasteiger partial charge in [-0.1, -0.05) is 5.92 Å². The number of amides is 2. The molecule has 4 heteroatoms. The Labute approximate surface area is 102 Å². The molecular weight excluding hydrogens is 216 g/mol. The molecule has 2 aliphatic heterocycles. The van der Waals surface area contributed by atoms with E-state index in [9.17, 15) is 9.59 Å². The van der Waals surface area contributed by atoms with E-state index in [0.29, 0.717) is 25.8 Å². The van der Waals surface area contributed by atoms with Crippen molar-refractivity contribution in [3.63, 3.8) is 0 Å². The second kappa shape index (κ2) is 5.83. The molecule has 92 valence electrons. The molecule has 2 fully saturated rings. The van der Waals surface area contributed by atoms with E-state index >= 15 is 0 Å². The van der Waals surface area contributed by atoms with E-state index in [1.807, 2.05) is 0 Å². The van der Waals surface area contributed by atoms with Gasteiger partial charge in [-0.25, -0.2) is 0 Å². The van der Waals surface area contributed by atoms with Crippen molar-refractivity contribution in [1.29, 1.82) is 0 Å². The van der Waals surface area contributed by atoms with Gasteiger partial charge in [-0.2, -0.15) is 0 Å². The molecule has 0 aromatic carbocycles. The predicted molar refractivity (Wildman–Crippen MR) is 64.0 cm³/mol. The first-order valence-electron chi connectivity index (χ1n) is 6.28. The van der Waals surface area contributed by atoms with Gasteiger partial charge in [0.25, 0.3) is 0 Å². The van der Waals surface area contributed by atoms with Gasteiger partial charge >= 0.3 is 0 Å². The van der Waals surface area contributed by atoms with Crippen molar-refractivity contribution in [1.82, 2.24) is 9.80 Å². The molecular formula is C13H18N2O2. The van der Waals surface area contributed by atoms with Crippen LogP contribution in [-0.2, 0) is 9.59 Å². The van der Waals surface area contributed by atoms with E-state index in [-0.39, 0.29) is 11.8 Å². The lowest BCUT2D eigenvalue weighted by Crippen LogP contribution is -2.29. The highest BCUT2D eigenvalue weighted by Gasteiger charge is 2.27. The summed E-state index contributed by atoms with van der Waals surface area (Å²) in [6.07, 6.45) is 3.91. The monoisotopic (exact) mass is 234 g/mol. The molecule has 4 nitrogen and oxygen atoms in total. The zero-order chi connectivity index (χ0) is 12.1. The molecule has 0 saturated carbocycles. The van der Waals surface area contributed by atoms with Crippen molar-refractivity contribution in [3.05, 3.63) is 0 Å². The molecule has 2 rings (SSSR count). The summed E-state index contributed by atoms with van der Waals surface area (Å²) in [5.41, 5.74) is 0. The van der Waals surface area contributed by atoms with Crippen LogP contribution in [0.4, 0.5) is 0 Å². The van der Waals surface area contributed by atoms with Crippen molar-refractivity contribution >= 4 is 11.8 Å². The third-order valence-corrected chi connectivity index (χ3v) is 3.24. The van der Waals surface area contributed by atoms with E-state index in [2.05, 4.69) is 16.7 Å². The Kier molecular flexibility index (Phi) is 4.16. The lowest BCUT2D eigenvalue weighted by molar-refractivity contribution is -0.138. The number of likely N-dealkylation sites (tertiary alicyclic amines) is 2. The van der Waals surface area contributed by atoms with Crippen LogP contribution in [0.1, 0.15) is 32.1 Å². The van der Waals surface area contributed by atoms with Gasteiger partial charge in [0, 0.05) is 25.8 Å². The zero-order valence-corrected chi connectivity index (χ0v) is 10.1. The van der Waals surface area contributed by atoms with Crippen LogP contribution in [0.5, 0.6) is 0 Å². The number of rotatable bonds is 3. The van der Waals surface area contributed by atoms with Crippen molar-refractivity contribution in [2.24, 2.45) is 0 Å². The van der Waals surface area contributed by atoms with Crippen LogP contribution >= 0.6 is 0 Å². The molecule has 0 aromatic rings. The van der Waals surface area contributed by atoms with E-state index < -0.39 is 0 Å². The SMILES string of the molecule is O=C1CCC(=O)N1CCC#CCN1CCCC1. The molecule has 0 spiro atoms. The number of imide groups is 1. The fraction of sp³-hybridized carbons (Fsp3) is 0.692. The van der Waals surface area contributed by atoms with Crippen LogP contribution in [-0.4, -0.2) is 47.8 Å². The summed E-state index contributed by atoms with van der Waals surface area (Å²) in [4.78, 5) is 26.3. The van der Waals surface area contributed by atoms with Gasteiger partial charge < -0.3 is 0 Å². The Bertz CT molecular complexity index is 345. The highest BCUT2D eigenvalue weighted by Crippen LogP contribution is 2.11. The molecule has 0 aliphatic carbocycles. The van der Waals surface area contributed by atoms with Crippen LogP contribution in [0.15, 0.2) is 0 Å². The third kappa shape index (κ3) is 3.31. The van der Waals surface area contributed by atoms with Gasteiger partial charge in [0.05, 0.1) is 6.54 Å². The summed E-state index contributed by atoms with van der Waals surface area (Å²) in [7, 11) is 0. The average Bonchev–Trinajstić information content (AvgIpc) is 2.92. The maximum Gasteiger partial charge on any atom is 0.229 e. The Hall–Kier alpha value is -1.34. The average molecular weight is 234 g/mol. The molecule has 2 heterocycles. The molecule has 17 heavy (non-hydrogen) atoms. The van der Waals surface area contributed by atoms with Crippen LogP contribution in [0, 0.1) is 11.8 Å². The molecule has 0 aromatic heterocycles. The third-order valence-electron chi connectivity index (χ3n) is 3.24. The Morgan fingerprint density at radius 1 is 1.00 bits per heavy atom. The molecule has 0 bridgehead atoms. The van der Waals surface area contributed by atoms with Crippen molar-refractivity contribution in [3.8, 4) is 11.8 Å². The number of hydrogen-bond acceptors (Lipinski definition) is 3. The fourth-order valence-electron chi connectivity index (χ4n) is 2.24. The Morgan fingerprint density at radius 3 is 2.29 bits per heavy atom. The van der Waals surface area contributed by atoms with Gasteiger partial charge in [0.15, 0.2) is 0 Å². The molecule has 0 radical (unpaired) electrons. The molecule has 2 amide bonds. The van der Waals surface area contributed by atoms with Crippen LogP contribution in [0.3, 0.4) is 0 Å². The molecule has 0 unspecified atom stereocenters. The quantitative estimate of drug-likeness (QED) is 0.531. The minimum absolute atomic E-state index is 0.0451. The molecule has 0 N–H and O–H groups in total. The van der Waals surface area contributed by atoms with Crippen LogP contribution in [0.2, 0.25) is 0 Å². The lowest BCUT2D eigenvalue weighted by atomic mass is 10.4. The van der Waals surface area contributed by atoms with Gasteiger partial charge in [0.1, 0.15) is 0 Å². The summed E-state index contributed by atoms with van der Waals surface area (Å²) in [6.45, 7) is 3.59. The molecule has 2 aliphatic rings. The van der Waals surface area contributed by atoms with Crippen molar-refractivity contribution in [2.75, 3.05) is 26.2 Å². The molecule has 0 atom stereocenters. The van der Waals surface area contributed by atoms with Gasteiger partial charge in [-0.15, -0.1) is 5.92 Å². The summed E-state index contributed by atoms with van der Waals surface area (Å²) in [6, 6.07) is 0. The van der Waals surface area contributed by atoms with E-state index in [1.54, 1.807) is 0 Å². The summed E-state index contributed by atoms with van der Waals surface area (Å²) in [5, 5.41) is 0.